The first-order valence-electron chi connectivity index (χ1n) is 10.2. The number of carbonyl (C=O) groups is 1. The van der Waals surface area contributed by atoms with Crippen molar-refractivity contribution < 1.29 is 9.32 Å². The molecule has 2 aliphatic rings. The minimum Gasteiger partial charge on any atom is -0.355 e. The van der Waals surface area contributed by atoms with Crippen LogP contribution in [0.4, 0.5) is 0 Å². The highest BCUT2D eigenvalue weighted by Gasteiger charge is 2.33. The molecule has 0 aromatic carbocycles. The summed E-state index contributed by atoms with van der Waals surface area (Å²) >= 11 is 1.32. The third-order valence-electron chi connectivity index (χ3n) is 6.06. The van der Waals surface area contributed by atoms with Crippen molar-refractivity contribution in [1.82, 2.24) is 29.8 Å². The molecular weight excluding hydrogens is 388 g/mol. The van der Waals surface area contributed by atoms with E-state index in [4.69, 9.17) is 4.52 Å². The van der Waals surface area contributed by atoms with Gasteiger partial charge in [-0.25, -0.2) is 0 Å². The maximum atomic E-state index is 13.3. The van der Waals surface area contributed by atoms with E-state index in [-0.39, 0.29) is 11.8 Å². The summed E-state index contributed by atoms with van der Waals surface area (Å²) in [5.74, 6) is 1.46. The van der Waals surface area contributed by atoms with Crippen LogP contribution in [0.25, 0.3) is 10.6 Å². The van der Waals surface area contributed by atoms with Gasteiger partial charge in [0.25, 0.3) is 5.91 Å². The lowest BCUT2D eigenvalue weighted by atomic mass is 9.87. The second-order valence-electron chi connectivity index (χ2n) is 8.29. The zero-order valence-electron chi connectivity index (χ0n) is 16.6. The van der Waals surface area contributed by atoms with E-state index in [2.05, 4.69) is 31.9 Å². The minimum atomic E-state index is 0.0292. The molecule has 0 unspecified atom stereocenters. The molecule has 29 heavy (non-hydrogen) atoms. The number of aromatic nitrogens is 5. The van der Waals surface area contributed by atoms with Crippen LogP contribution in [0.5, 0.6) is 0 Å². The molecule has 9 heteroatoms. The Balaban J connectivity index is 1.38. The second kappa shape index (κ2) is 7.37. The Morgan fingerprint density at radius 2 is 2.28 bits per heavy atom. The minimum absolute atomic E-state index is 0.0292. The topological polar surface area (TPSA) is 101 Å². The van der Waals surface area contributed by atoms with Gasteiger partial charge >= 0.3 is 0 Å². The summed E-state index contributed by atoms with van der Waals surface area (Å²) < 4.78 is 9.58. The number of aryl methyl sites for hydroxylation is 2. The van der Waals surface area contributed by atoms with Crippen LogP contribution in [0.15, 0.2) is 10.6 Å². The first-order chi connectivity index (χ1) is 14.1. The Morgan fingerprint density at radius 1 is 1.38 bits per heavy atom. The summed E-state index contributed by atoms with van der Waals surface area (Å²) in [6.45, 7) is 5.51. The molecule has 0 saturated carbocycles. The van der Waals surface area contributed by atoms with E-state index in [0.29, 0.717) is 23.9 Å². The van der Waals surface area contributed by atoms with Crippen molar-refractivity contribution in [3.63, 3.8) is 0 Å². The smallest absolute Gasteiger partial charge is 0.274 e. The number of nitrogens with zero attached hydrogens (tertiary/aromatic N) is 5. The van der Waals surface area contributed by atoms with Gasteiger partial charge in [-0.3, -0.25) is 9.89 Å². The molecule has 1 fully saturated rings. The van der Waals surface area contributed by atoms with Crippen LogP contribution in [0, 0.1) is 12.8 Å². The first-order valence-corrected chi connectivity index (χ1v) is 11.0. The Morgan fingerprint density at radius 3 is 3.10 bits per heavy atom. The van der Waals surface area contributed by atoms with Gasteiger partial charge in [-0.05, 0) is 56.5 Å². The lowest BCUT2D eigenvalue weighted by Gasteiger charge is -2.32. The van der Waals surface area contributed by atoms with Crippen molar-refractivity contribution in [2.45, 2.75) is 51.9 Å². The number of piperidine rings is 1. The Bertz CT molecular complexity index is 1040. The summed E-state index contributed by atoms with van der Waals surface area (Å²) in [5, 5.41) is 15.9. The highest BCUT2D eigenvalue weighted by Crippen LogP contribution is 2.36. The van der Waals surface area contributed by atoms with Crippen molar-refractivity contribution in [2.75, 3.05) is 13.1 Å². The largest absolute Gasteiger partial charge is 0.355 e. The van der Waals surface area contributed by atoms with Crippen LogP contribution in [-0.4, -0.2) is 48.8 Å². The number of aromatic amines is 1. The molecule has 0 bridgehead atoms. The van der Waals surface area contributed by atoms with Crippen LogP contribution in [0.2, 0.25) is 0 Å². The van der Waals surface area contributed by atoms with Crippen molar-refractivity contribution in [2.24, 2.45) is 5.92 Å². The van der Waals surface area contributed by atoms with Crippen LogP contribution < -0.4 is 0 Å². The molecule has 8 nitrogen and oxygen atoms in total. The van der Waals surface area contributed by atoms with Crippen LogP contribution in [-0.2, 0) is 12.8 Å². The van der Waals surface area contributed by atoms with Gasteiger partial charge in [0, 0.05) is 36.3 Å². The average Bonchev–Trinajstić information content (AvgIpc) is 3.46. The molecule has 152 valence electrons. The predicted molar refractivity (Wildman–Crippen MR) is 108 cm³/mol. The van der Waals surface area contributed by atoms with Gasteiger partial charge in [-0.15, -0.1) is 5.10 Å². The zero-order valence-corrected chi connectivity index (χ0v) is 17.5. The van der Waals surface area contributed by atoms with Crippen LogP contribution >= 0.6 is 11.5 Å². The van der Waals surface area contributed by atoms with E-state index < -0.39 is 0 Å². The Labute approximate surface area is 172 Å². The normalized spacial score (nSPS) is 21.9. The summed E-state index contributed by atoms with van der Waals surface area (Å²) in [5.41, 5.74) is 4.59. The molecule has 1 aliphatic carbocycles. The number of nitrogens with one attached hydrogen (secondary N) is 1. The number of likely N-dealkylation sites (tertiary alicyclic amines) is 1. The molecule has 3 aromatic rings. The van der Waals surface area contributed by atoms with Gasteiger partial charge < -0.3 is 9.42 Å². The summed E-state index contributed by atoms with van der Waals surface area (Å²) in [6, 6.07) is 1.90. The van der Waals surface area contributed by atoms with E-state index >= 15 is 0 Å². The van der Waals surface area contributed by atoms with Crippen molar-refractivity contribution in [1.29, 1.82) is 0 Å². The van der Waals surface area contributed by atoms with Gasteiger partial charge in [0.2, 0.25) is 0 Å². The number of fused-ring (bicyclic) bond motifs is 1. The highest BCUT2D eigenvalue weighted by atomic mass is 32.1. The van der Waals surface area contributed by atoms with Gasteiger partial charge in [-0.1, -0.05) is 16.6 Å². The number of H-pyrrole nitrogens is 1. The van der Waals surface area contributed by atoms with Gasteiger partial charge in [0.05, 0.1) is 11.4 Å². The lowest BCUT2D eigenvalue weighted by molar-refractivity contribution is 0.0698. The fourth-order valence-electron chi connectivity index (χ4n) is 4.49. The molecule has 0 radical (unpaired) electrons. The number of carbonyl (C=O) groups excluding carboxylic acids is 1. The van der Waals surface area contributed by atoms with E-state index in [1.807, 2.05) is 17.9 Å². The molecule has 1 amide bonds. The van der Waals surface area contributed by atoms with Gasteiger partial charge in [0.15, 0.2) is 11.5 Å². The molecule has 1 saturated heterocycles. The molecule has 4 heterocycles. The van der Waals surface area contributed by atoms with Crippen molar-refractivity contribution in [3.05, 3.63) is 34.4 Å². The third-order valence-corrected chi connectivity index (χ3v) is 6.81. The molecule has 1 aliphatic heterocycles. The van der Waals surface area contributed by atoms with Crippen molar-refractivity contribution in [3.8, 4) is 10.6 Å². The van der Waals surface area contributed by atoms with E-state index in [1.165, 1.54) is 11.5 Å². The number of amides is 1. The average molecular weight is 413 g/mol. The summed E-state index contributed by atoms with van der Waals surface area (Å²) in [7, 11) is 0. The monoisotopic (exact) mass is 412 g/mol. The molecular formula is C20H24N6O2S. The maximum Gasteiger partial charge on any atom is 0.274 e. The SMILES string of the molecule is Cc1cc(-c2snnc2[C@H]2CCCN(C(=O)c3n[nH]c4c3C[C@@H](C)CC4)C2)on1. The fraction of sp³-hybridized carbons (Fsp3) is 0.550. The van der Waals surface area contributed by atoms with E-state index in [1.54, 1.807) is 0 Å². The van der Waals surface area contributed by atoms with E-state index in [0.717, 1.165) is 66.2 Å². The Hall–Kier alpha value is -2.55. The molecule has 5 rings (SSSR count). The van der Waals surface area contributed by atoms with Crippen LogP contribution in [0.3, 0.4) is 0 Å². The van der Waals surface area contributed by atoms with Crippen LogP contribution in [0.1, 0.15) is 65.2 Å². The Kier molecular flexibility index (Phi) is 4.69. The highest BCUT2D eigenvalue weighted by molar-refractivity contribution is 7.09. The van der Waals surface area contributed by atoms with Gasteiger partial charge in [0.1, 0.15) is 4.88 Å². The number of hydrogen-bond acceptors (Lipinski definition) is 7. The first kappa shape index (κ1) is 18.5. The summed E-state index contributed by atoms with van der Waals surface area (Å²) in [6.07, 6.45) is 4.96. The maximum absolute atomic E-state index is 13.3. The lowest BCUT2D eigenvalue weighted by Crippen LogP contribution is -2.40. The zero-order chi connectivity index (χ0) is 20.0. The predicted octanol–water partition coefficient (Wildman–Crippen LogP) is 3.37. The molecule has 0 spiro atoms. The fourth-order valence-corrected chi connectivity index (χ4v) is 5.18. The number of hydrogen-bond donors (Lipinski definition) is 1. The molecule has 3 aromatic heterocycles. The van der Waals surface area contributed by atoms with Crippen molar-refractivity contribution >= 4 is 17.4 Å². The molecule has 1 N–H and O–H groups in total. The third kappa shape index (κ3) is 3.37. The quantitative estimate of drug-likeness (QED) is 0.708. The second-order valence-corrected chi connectivity index (χ2v) is 9.04. The number of rotatable bonds is 3. The van der Waals surface area contributed by atoms with E-state index in [9.17, 15) is 4.79 Å². The standard InChI is InChI=1S/C20H24N6O2S/c1-11-5-6-15-14(8-11)18(22-21-15)20(27)26-7-3-4-13(10-26)17-19(29-25-23-17)16-9-12(2)24-28-16/h9,11,13H,3-8,10H2,1-2H3,(H,21,22)/t11-,13-/m0/s1. The summed E-state index contributed by atoms with van der Waals surface area (Å²) in [4.78, 5) is 16.1. The molecule has 2 atom stereocenters. The van der Waals surface area contributed by atoms with Gasteiger partial charge in [-0.2, -0.15) is 5.10 Å².